The summed E-state index contributed by atoms with van der Waals surface area (Å²) in [6, 6.07) is 29.5. The number of anilines is 1. The molecule has 5 heteroatoms. The highest BCUT2D eigenvalue weighted by Crippen LogP contribution is 2.36. The maximum absolute atomic E-state index is 5.01. The Hall–Kier alpha value is -3.57. The van der Waals surface area contributed by atoms with Crippen LogP contribution in [0.3, 0.4) is 0 Å². The molecule has 30 heavy (non-hydrogen) atoms. The quantitative estimate of drug-likeness (QED) is 0.366. The van der Waals surface area contributed by atoms with Crippen molar-refractivity contribution in [1.29, 1.82) is 0 Å². The Morgan fingerprint density at radius 2 is 1.63 bits per heavy atom. The van der Waals surface area contributed by atoms with Gasteiger partial charge in [0.15, 0.2) is 0 Å². The normalized spacial score (nSPS) is 16.2. The molecule has 0 bridgehead atoms. The van der Waals surface area contributed by atoms with Crippen molar-refractivity contribution in [3.05, 3.63) is 113 Å². The molecule has 1 aromatic heterocycles. The summed E-state index contributed by atoms with van der Waals surface area (Å²) in [6.07, 6.45) is 4.49. The van der Waals surface area contributed by atoms with Crippen molar-refractivity contribution in [2.75, 3.05) is 5.01 Å². The molecule has 4 aromatic rings. The van der Waals surface area contributed by atoms with Gasteiger partial charge in [0, 0.05) is 24.2 Å². The van der Waals surface area contributed by atoms with E-state index in [4.69, 9.17) is 5.10 Å². The standard InChI is InChI=1S/C25H20N4S/c1-3-7-20(8-4-1)23-17-24(21-9-5-2-6-10-21)29(28-23)22-13-11-19(12-14-22)18-27-25-26-15-16-30-25/h1-16,18,24H,17H2. The number of aromatic nitrogens is 1. The molecule has 0 fully saturated rings. The molecule has 0 aliphatic carbocycles. The first kappa shape index (κ1) is 18.5. The molecule has 4 nitrogen and oxygen atoms in total. The van der Waals surface area contributed by atoms with Gasteiger partial charge in [0.1, 0.15) is 0 Å². The first-order chi connectivity index (χ1) is 14.9. The SMILES string of the molecule is C(=Nc1nccs1)c1ccc(N2N=C(c3ccccc3)CC2c2ccccc2)cc1. The van der Waals surface area contributed by atoms with Gasteiger partial charge in [0.05, 0.1) is 17.4 Å². The van der Waals surface area contributed by atoms with Crippen LogP contribution in [0.25, 0.3) is 0 Å². The fourth-order valence-electron chi connectivity index (χ4n) is 3.61. The maximum Gasteiger partial charge on any atom is 0.208 e. The molecule has 3 aromatic carbocycles. The van der Waals surface area contributed by atoms with Gasteiger partial charge in [-0.3, -0.25) is 5.01 Å². The average molecular weight is 409 g/mol. The Kier molecular flexibility index (Phi) is 5.19. The average Bonchev–Trinajstić information content (AvgIpc) is 3.50. The van der Waals surface area contributed by atoms with Crippen molar-refractivity contribution < 1.29 is 0 Å². The molecule has 1 aliphatic rings. The molecular formula is C25H20N4S. The second-order valence-corrected chi connectivity index (χ2v) is 7.93. The van der Waals surface area contributed by atoms with Crippen LogP contribution in [-0.4, -0.2) is 16.9 Å². The predicted octanol–water partition coefficient (Wildman–Crippen LogP) is 6.25. The van der Waals surface area contributed by atoms with Crippen molar-refractivity contribution in [1.82, 2.24) is 4.98 Å². The number of hydrogen-bond donors (Lipinski definition) is 0. The number of benzene rings is 3. The van der Waals surface area contributed by atoms with Gasteiger partial charge in [-0.1, -0.05) is 72.8 Å². The summed E-state index contributed by atoms with van der Waals surface area (Å²) in [6.45, 7) is 0. The van der Waals surface area contributed by atoms with E-state index in [2.05, 4.69) is 93.8 Å². The van der Waals surface area contributed by atoms with Gasteiger partial charge in [-0.05, 0) is 28.8 Å². The Balaban J connectivity index is 1.45. The lowest BCUT2D eigenvalue weighted by Crippen LogP contribution is -2.18. The second kappa shape index (κ2) is 8.43. The minimum atomic E-state index is 0.177. The van der Waals surface area contributed by atoms with E-state index in [0.717, 1.165) is 28.5 Å². The summed E-state index contributed by atoms with van der Waals surface area (Å²) in [4.78, 5) is 8.61. The maximum atomic E-state index is 5.01. The fraction of sp³-hybridized carbons (Fsp3) is 0.0800. The molecular weight excluding hydrogens is 388 g/mol. The summed E-state index contributed by atoms with van der Waals surface area (Å²) < 4.78 is 0. The molecule has 0 radical (unpaired) electrons. The third-order valence-corrected chi connectivity index (χ3v) is 5.78. The fourth-order valence-corrected chi connectivity index (χ4v) is 4.09. The molecule has 0 spiro atoms. The highest BCUT2D eigenvalue weighted by Gasteiger charge is 2.29. The van der Waals surface area contributed by atoms with Crippen molar-refractivity contribution in [3.63, 3.8) is 0 Å². The molecule has 146 valence electrons. The summed E-state index contributed by atoms with van der Waals surface area (Å²) in [5, 5.41) is 9.84. The smallest absolute Gasteiger partial charge is 0.208 e. The summed E-state index contributed by atoms with van der Waals surface area (Å²) in [7, 11) is 0. The monoisotopic (exact) mass is 408 g/mol. The highest BCUT2D eigenvalue weighted by molar-refractivity contribution is 7.13. The van der Waals surface area contributed by atoms with Crippen molar-refractivity contribution in [3.8, 4) is 0 Å². The summed E-state index contributed by atoms with van der Waals surface area (Å²) in [5.41, 5.74) is 5.66. The van der Waals surface area contributed by atoms with Gasteiger partial charge in [0.25, 0.3) is 0 Å². The van der Waals surface area contributed by atoms with Crippen LogP contribution in [0.15, 0.2) is 107 Å². The predicted molar refractivity (Wildman–Crippen MR) is 125 cm³/mol. The molecule has 1 aliphatic heterocycles. The second-order valence-electron chi connectivity index (χ2n) is 7.05. The molecule has 0 saturated heterocycles. The Bertz CT molecular complexity index is 1150. The van der Waals surface area contributed by atoms with Gasteiger partial charge in [0.2, 0.25) is 5.13 Å². The molecule has 0 amide bonds. The van der Waals surface area contributed by atoms with E-state index in [-0.39, 0.29) is 6.04 Å². The lowest BCUT2D eigenvalue weighted by atomic mass is 9.98. The summed E-state index contributed by atoms with van der Waals surface area (Å²) >= 11 is 1.53. The zero-order valence-electron chi connectivity index (χ0n) is 16.3. The van der Waals surface area contributed by atoms with Crippen molar-refractivity contribution in [2.45, 2.75) is 12.5 Å². The van der Waals surface area contributed by atoms with Crippen LogP contribution < -0.4 is 5.01 Å². The number of thiazole rings is 1. The van der Waals surface area contributed by atoms with Gasteiger partial charge >= 0.3 is 0 Å². The lowest BCUT2D eigenvalue weighted by molar-refractivity contribution is 0.709. The van der Waals surface area contributed by atoms with Crippen LogP contribution in [-0.2, 0) is 0 Å². The zero-order chi connectivity index (χ0) is 20.2. The molecule has 1 unspecified atom stereocenters. The Morgan fingerprint density at radius 3 is 2.33 bits per heavy atom. The van der Waals surface area contributed by atoms with Gasteiger partial charge in [-0.25, -0.2) is 9.98 Å². The van der Waals surface area contributed by atoms with E-state index in [1.165, 1.54) is 22.5 Å². The van der Waals surface area contributed by atoms with Crippen LogP contribution in [0.1, 0.15) is 29.2 Å². The van der Waals surface area contributed by atoms with Crippen LogP contribution in [0, 0.1) is 0 Å². The molecule has 2 heterocycles. The largest absolute Gasteiger partial charge is 0.257 e. The van der Waals surface area contributed by atoms with Crippen LogP contribution in [0.2, 0.25) is 0 Å². The molecule has 5 rings (SSSR count). The number of rotatable bonds is 5. The Morgan fingerprint density at radius 1 is 0.900 bits per heavy atom. The van der Waals surface area contributed by atoms with E-state index in [0.29, 0.717) is 0 Å². The minimum absolute atomic E-state index is 0.177. The highest BCUT2D eigenvalue weighted by atomic mass is 32.1. The first-order valence-corrected chi connectivity index (χ1v) is 10.8. The Labute approximate surface area is 179 Å². The van der Waals surface area contributed by atoms with Gasteiger partial charge in [-0.15, -0.1) is 11.3 Å². The van der Waals surface area contributed by atoms with E-state index in [1.807, 2.05) is 17.7 Å². The van der Waals surface area contributed by atoms with Crippen molar-refractivity contribution in [2.24, 2.45) is 10.1 Å². The molecule has 1 atom stereocenters. The number of aliphatic imine (C=N–C) groups is 1. The van der Waals surface area contributed by atoms with Crippen LogP contribution in [0.4, 0.5) is 10.8 Å². The van der Waals surface area contributed by atoms with Gasteiger partial charge in [-0.2, -0.15) is 5.10 Å². The lowest BCUT2D eigenvalue weighted by Gasteiger charge is -2.24. The third-order valence-electron chi connectivity index (χ3n) is 5.10. The van der Waals surface area contributed by atoms with E-state index in [9.17, 15) is 0 Å². The topological polar surface area (TPSA) is 40.9 Å². The van der Waals surface area contributed by atoms with Crippen molar-refractivity contribution >= 4 is 34.1 Å². The van der Waals surface area contributed by atoms with E-state index >= 15 is 0 Å². The number of nitrogens with zero attached hydrogens (tertiary/aromatic N) is 4. The zero-order valence-corrected chi connectivity index (χ0v) is 17.1. The van der Waals surface area contributed by atoms with Crippen LogP contribution >= 0.6 is 11.3 Å². The van der Waals surface area contributed by atoms with Gasteiger partial charge < -0.3 is 0 Å². The van der Waals surface area contributed by atoms with E-state index < -0.39 is 0 Å². The number of hydrogen-bond acceptors (Lipinski definition) is 5. The molecule has 0 N–H and O–H groups in total. The third kappa shape index (κ3) is 3.93. The van der Waals surface area contributed by atoms with Crippen LogP contribution in [0.5, 0.6) is 0 Å². The minimum Gasteiger partial charge on any atom is -0.257 e. The molecule has 0 saturated carbocycles. The first-order valence-electron chi connectivity index (χ1n) is 9.87. The summed E-state index contributed by atoms with van der Waals surface area (Å²) in [5.74, 6) is 0. The number of hydrazone groups is 1. The van der Waals surface area contributed by atoms with E-state index in [1.54, 1.807) is 6.20 Å².